The molecule has 1 amide bonds. The quantitative estimate of drug-likeness (QED) is 0.598. The number of amides is 1. The Hall–Kier alpha value is -2.16. The van der Waals surface area contributed by atoms with Gasteiger partial charge in [0, 0.05) is 17.7 Å². The first-order chi connectivity index (χ1) is 8.62. The van der Waals surface area contributed by atoms with Crippen LogP contribution in [0.5, 0.6) is 0 Å². The van der Waals surface area contributed by atoms with Crippen LogP contribution >= 0.6 is 0 Å². The lowest BCUT2D eigenvalue weighted by Gasteiger charge is -2.14. The molecule has 0 heterocycles. The van der Waals surface area contributed by atoms with Gasteiger partial charge in [0.1, 0.15) is 12.6 Å². The Balaban J connectivity index is 2.75. The highest BCUT2D eigenvalue weighted by Gasteiger charge is 2.18. The molecule has 0 aliphatic heterocycles. The first kappa shape index (κ1) is 13.9. The molecular formula is C13H14N2O3. The Morgan fingerprint density at radius 3 is 2.44 bits per heavy atom. The Kier molecular flexibility index (Phi) is 5.06. The lowest BCUT2D eigenvalue weighted by atomic mass is 10.1. The zero-order chi connectivity index (χ0) is 13.5. The van der Waals surface area contributed by atoms with Crippen molar-refractivity contribution in [2.45, 2.75) is 6.04 Å². The van der Waals surface area contributed by atoms with Crippen molar-refractivity contribution >= 4 is 11.7 Å². The molecule has 1 rings (SSSR count). The second kappa shape index (κ2) is 6.55. The van der Waals surface area contributed by atoms with Gasteiger partial charge in [0.05, 0.1) is 0 Å². The van der Waals surface area contributed by atoms with E-state index in [1.807, 2.05) is 0 Å². The second-order valence-corrected chi connectivity index (χ2v) is 3.61. The first-order valence-corrected chi connectivity index (χ1v) is 5.33. The van der Waals surface area contributed by atoms with E-state index in [0.29, 0.717) is 11.1 Å². The summed E-state index contributed by atoms with van der Waals surface area (Å²) in [6, 6.07) is 5.48. The average molecular weight is 246 g/mol. The number of aliphatic hydroxyl groups is 1. The standard InChI is InChI=1S/C13H14N2O3/c1-2-9-3-5-10(6-4-9)13(18)15-11(7-14)12(17)8-16/h1,3-6,11,16H,7-8,14H2,(H,15,18)/t11-/m0/s1. The lowest BCUT2D eigenvalue weighted by molar-refractivity contribution is -0.123. The minimum absolute atomic E-state index is 0.0619. The van der Waals surface area contributed by atoms with Crippen LogP contribution in [0.15, 0.2) is 24.3 Å². The zero-order valence-electron chi connectivity index (χ0n) is 9.72. The topological polar surface area (TPSA) is 92.4 Å². The van der Waals surface area contributed by atoms with Crippen molar-refractivity contribution in [1.82, 2.24) is 5.32 Å². The van der Waals surface area contributed by atoms with Crippen molar-refractivity contribution in [3.63, 3.8) is 0 Å². The van der Waals surface area contributed by atoms with E-state index >= 15 is 0 Å². The number of carbonyl (C=O) groups is 2. The number of terminal acetylenes is 1. The van der Waals surface area contributed by atoms with Gasteiger partial charge in [0.25, 0.3) is 5.91 Å². The monoisotopic (exact) mass is 246 g/mol. The molecule has 18 heavy (non-hydrogen) atoms. The molecule has 5 heteroatoms. The number of nitrogens with one attached hydrogen (secondary N) is 1. The molecule has 0 aliphatic carbocycles. The second-order valence-electron chi connectivity index (χ2n) is 3.61. The van der Waals surface area contributed by atoms with Crippen LogP contribution in [0.25, 0.3) is 0 Å². The molecule has 4 N–H and O–H groups in total. The van der Waals surface area contributed by atoms with Crippen LogP contribution in [0.4, 0.5) is 0 Å². The van der Waals surface area contributed by atoms with Crippen molar-refractivity contribution in [3.05, 3.63) is 35.4 Å². The van der Waals surface area contributed by atoms with Gasteiger partial charge in [-0.3, -0.25) is 9.59 Å². The van der Waals surface area contributed by atoms with Crippen LogP contribution in [0, 0.1) is 12.3 Å². The maximum absolute atomic E-state index is 11.8. The highest BCUT2D eigenvalue weighted by molar-refractivity contribution is 5.98. The van der Waals surface area contributed by atoms with E-state index in [0.717, 1.165) is 0 Å². The molecule has 1 atom stereocenters. The van der Waals surface area contributed by atoms with Gasteiger partial charge >= 0.3 is 0 Å². The van der Waals surface area contributed by atoms with Crippen LogP contribution in [-0.4, -0.2) is 36.0 Å². The maximum Gasteiger partial charge on any atom is 0.251 e. The van der Waals surface area contributed by atoms with Gasteiger partial charge in [-0.1, -0.05) is 5.92 Å². The zero-order valence-corrected chi connectivity index (χ0v) is 9.72. The fourth-order valence-electron chi connectivity index (χ4n) is 1.34. The molecule has 0 spiro atoms. The maximum atomic E-state index is 11.8. The fourth-order valence-corrected chi connectivity index (χ4v) is 1.34. The van der Waals surface area contributed by atoms with Crippen LogP contribution in [0.2, 0.25) is 0 Å². The molecule has 94 valence electrons. The average Bonchev–Trinajstić information content (AvgIpc) is 2.43. The van der Waals surface area contributed by atoms with Crippen molar-refractivity contribution in [1.29, 1.82) is 0 Å². The Morgan fingerprint density at radius 1 is 1.39 bits per heavy atom. The van der Waals surface area contributed by atoms with E-state index in [-0.39, 0.29) is 6.54 Å². The number of aliphatic hydroxyl groups excluding tert-OH is 1. The van der Waals surface area contributed by atoms with E-state index in [4.69, 9.17) is 17.3 Å². The summed E-state index contributed by atoms with van der Waals surface area (Å²) in [5.41, 5.74) is 6.38. The number of benzene rings is 1. The van der Waals surface area contributed by atoms with Gasteiger partial charge in [0.2, 0.25) is 0 Å². The molecule has 1 aromatic carbocycles. The van der Waals surface area contributed by atoms with Crippen molar-refractivity contribution in [2.24, 2.45) is 5.73 Å². The summed E-state index contributed by atoms with van der Waals surface area (Å²) in [4.78, 5) is 23.0. The van der Waals surface area contributed by atoms with Crippen LogP contribution in [0.1, 0.15) is 15.9 Å². The number of Topliss-reactive ketones (excluding diaryl/α,β-unsaturated/α-hetero) is 1. The molecule has 0 aromatic heterocycles. The third-order valence-electron chi connectivity index (χ3n) is 2.40. The van der Waals surface area contributed by atoms with E-state index in [9.17, 15) is 9.59 Å². The highest BCUT2D eigenvalue weighted by Crippen LogP contribution is 2.03. The number of ketones is 1. The van der Waals surface area contributed by atoms with Crippen LogP contribution in [0.3, 0.4) is 0 Å². The summed E-state index contributed by atoms with van der Waals surface area (Å²) in [5, 5.41) is 11.2. The lowest BCUT2D eigenvalue weighted by Crippen LogP contribution is -2.46. The first-order valence-electron chi connectivity index (χ1n) is 5.33. The number of hydrogen-bond acceptors (Lipinski definition) is 4. The van der Waals surface area contributed by atoms with Crippen molar-refractivity contribution in [2.75, 3.05) is 13.2 Å². The van der Waals surface area contributed by atoms with Crippen LogP contribution in [-0.2, 0) is 4.79 Å². The highest BCUT2D eigenvalue weighted by atomic mass is 16.3. The Bertz CT molecular complexity index is 474. The van der Waals surface area contributed by atoms with Crippen LogP contribution < -0.4 is 11.1 Å². The normalized spacial score (nSPS) is 11.4. The molecule has 0 radical (unpaired) electrons. The molecular weight excluding hydrogens is 232 g/mol. The molecule has 0 saturated heterocycles. The van der Waals surface area contributed by atoms with Gasteiger partial charge in [-0.05, 0) is 24.3 Å². The molecule has 0 unspecified atom stereocenters. The summed E-state index contributed by atoms with van der Waals surface area (Å²) in [7, 11) is 0. The van der Waals surface area contributed by atoms with Gasteiger partial charge in [-0.2, -0.15) is 0 Å². The molecule has 1 aromatic rings. The summed E-state index contributed by atoms with van der Waals surface area (Å²) >= 11 is 0. The van der Waals surface area contributed by atoms with E-state index in [1.54, 1.807) is 24.3 Å². The summed E-state index contributed by atoms with van der Waals surface area (Å²) in [6.45, 7) is -0.717. The van der Waals surface area contributed by atoms with Crippen molar-refractivity contribution < 1.29 is 14.7 Å². The number of nitrogens with two attached hydrogens (primary N) is 1. The fraction of sp³-hybridized carbons (Fsp3) is 0.231. The van der Waals surface area contributed by atoms with Gasteiger partial charge < -0.3 is 16.2 Å². The largest absolute Gasteiger partial charge is 0.388 e. The smallest absolute Gasteiger partial charge is 0.251 e. The third-order valence-corrected chi connectivity index (χ3v) is 2.40. The minimum atomic E-state index is -0.880. The summed E-state index contributed by atoms with van der Waals surface area (Å²) < 4.78 is 0. The molecule has 0 fully saturated rings. The van der Waals surface area contributed by atoms with Gasteiger partial charge in [-0.15, -0.1) is 6.42 Å². The molecule has 0 saturated carbocycles. The number of carbonyl (C=O) groups excluding carboxylic acids is 2. The Labute approximate surface area is 105 Å². The SMILES string of the molecule is C#Cc1ccc(C(=O)N[C@@H](CN)C(=O)CO)cc1. The summed E-state index contributed by atoms with van der Waals surface area (Å²) in [6.07, 6.45) is 5.20. The van der Waals surface area contributed by atoms with Gasteiger partial charge in [0.15, 0.2) is 5.78 Å². The van der Waals surface area contributed by atoms with Crippen molar-refractivity contribution in [3.8, 4) is 12.3 Å². The van der Waals surface area contributed by atoms with E-state index in [2.05, 4.69) is 11.2 Å². The number of rotatable bonds is 5. The van der Waals surface area contributed by atoms with Gasteiger partial charge in [-0.25, -0.2) is 0 Å². The predicted octanol–water partition coefficient (Wildman–Crippen LogP) is -0.714. The molecule has 0 aliphatic rings. The molecule has 5 nitrogen and oxygen atoms in total. The molecule has 0 bridgehead atoms. The summed E-state index contributed by atoms with van der Waals surface area (Å²) in [5.74, 6) is 1.48. The predicted molar refractivity (Wildman–Crippen MR) is 66.8 cm³/mol. The number of hydrogen-bond donors (Lipinski definition) is 3. The minimum Gasteiger partial charge on any atom is -0.388 e. The third kappa shape index (κ3) is 3.42. The Morgan fingerprint density at radius 2 is 2.00 bits per heavy atom. The van der Waals surface area contributed by atoms with E-state index in [1.165, 1.54) is 0 Å². The van der Waals surface area contributed by atoms with E-state index < -0.39 is 24.3 Å².